The molecule has 2 N–H and O–H groups in total. The number of hydrogen-bond acceptors (Lipinski definition) is 3. The molecule has 0 bridgehead atoms. The number of carbonyl (C=O) groups excluding carboxylic acids is 1. The molecule has 0 aliphatic carbocycles. The van der Waals surface area contributed by atoms with Crippen molar-refractivity contribution in [3.8, 4) is 5.69 Å². The minimum absolute atomic E-state index is 0.0522. The van der Waals surface area contributed by atoms with Crippen LogP contribution in [0, 0.1) is 12.7 Å². The van der Waals surface area contributed by atoms with E-state index in [-0.39, 0.29) is 24.1 Å². The number of Topliss-reactive ketones (excluding diaryl/α,β-unsaturated/α-hetero) is 1. The normalized spacial score (nSPS) is 12.2. The highest BCUT2D eigenvalue weighted by molar-refractivity contribution is 6.30. The van der Waals surface area contributed by atoms with Gasteiger partial charge in [0.15, 0.2) is 0 Å². The fourth-order valence-electron chi connectivity index (χ4n) is 3.21. The van der Waals surface area contributed by atoms with Crippen LogP contribution in [0.2, 0.25) is 5.02 Å². The fraction of sp³-hybridized carbons (Fsp3) is 0.273. The molecule has 6 heteroatoms. The topological polar surface area (TPSA) is 60.9 Å². The first kappa shape index (κ1) is 20.2. The van der Waals surface area contributed by atoms with E-state index in [1.807, 2.05) is 35.9 Å². The predicted octanol–water partition coefficient (Wildman–Crippen LogP) is 4.74. The molecule has 3 aromatic rings. The Hall–Kier alpha value is -2.50. The third-order valence-electron chi connectivity index (χ3n) is 4.87. The largest absolute Gasteiger partial charge is 0.326 e. The lowest BCUT2D eigenvalue weighted by Crippen LogP contribution is -2.12. The third kappa shape index (κ3) is 4.49. The quantitative estimate of drug-likeness (QED) is 0.624. The SMILES string of the molecule is Cc1cc(CCC(=O)C(C)c2ccc(CN)c(F)c2)n(-c2cccc(Cl)c2)n1. The lowest BCUT2D eigenvalue weighted by Gasteiger charge is -2.13. The molecule has 1 aromatic heterocycles. The molecule has 0 aliphatic rings. The van der Waals surface area contributed by atoms with Crippen LogP contribution in [0.3, 0.4) is 0 Å². The molecule has 0 spiro atoms. The molecule has 0 amide bonds. The van der Waals surface area contributed by atoms with Gasteiger partial charge in [-0.3, -0.25) is 4.79 Å². The lowest BCUT2D eigenvalue weighted by atomic mass is 9.92. The highest BCUT2D eigenvalue weighted by Gasteiger charge is 2.18. The second-order valence-electron chi connectivity index (χ2n) is 6.91. The van der Waals surface area contributed by atoms with Crippen LogP contribution >= 0.6 is 11.6 Å². The monoisotopic (exact) mass is 399 g/mol. The van der Waals surface area contributed by atoms with Crippen LogP contribution in [-0.2, 0) is 17.8 Å². The Morgan fingerprint density at radius 2 is 2.04 bits per heavy atom. The summed E-state index contributed by atoms with van der Waals surface area (Å²) in [5, 5.41) is 5.15. The first-order chi connectivity index (χ1) is 13.4. The molecule has 3 rings (SSSR count). The van der Waals surface area contributed by atoms with Crippen molar-refractivity contribution < 1.29 is 9.18 Å². The zero-order chi connectivity index (χ0) is 20.3. The smallest absolute Gasteiger partial charge is 0.140 e. The Kier molecular flexibility index (Phi) is 6.27. The van der Waals surface area contributed by atoms with Crippen molar-refractivity contribution in [2.24, 2.45) is 5.73 Å². The third-order valence-corrected chi connectivity index (χ3v) is 5.10. The Balaban J connectivity index is 1.74. The Morgan fingerprint density at radius 1 is 1.25 bits per heavy atom. The van der Waals surface area contributed by atoms with Crippen molar-refractivity contribution in [1.82, 2.24) is 9.78 Å². The molecule has 28 heavy (non-hydrogen) atoms. The molecule has 1 atom stereocenters. The van der Waals surface area contributed by atoms with E-state index >= 15 is 0 Å². The van der Waals surface area contributed by atoms with Gasteiger partial charge in [0.1, 0.15) is 11.6 Å². The standard InChI is InChI=1S/C22H23ClFN3O/c1-14-10-20(27(26-14)19-5-3-4-18(23)12-19)8-9-22(28)15(2)16-6-7-17(13-25)21(24)11-16/h3-7,10-12,15H,8-9,13,25H2,1-2H3. The number of benzene rings is 2. The minimum Gasteiger partial charge on any atom is -0.326 e. The second-order valence-corrected chi connectivity index (χ2v) is 7.35. The van der Waals surface area contributed by atoms with E-state index in [4.69, 9.17) is 17.3 Å². The van der Waals surface area contributed by atoms with Crippen LogP contribution in [0.4, 0.5) is 4.39 Å². The molecular weight excluding hydrogens is 377 g/mol. The first-order valence-corrected chi connectivity index (χ1v) is 9.59. The fourth-order valence-corrected chi connectivity index (χ4v) is 3.40. The van der Waals surface area contributed by atoms with Crippen molar-refractivity contribution in [1.29, 1.82) is 0 Å². The summed E-state index contributed by atoms with van der Waals surface area (Å²) in [4.78, 5) is 12.7. The van der Waals surface area contributed by atoms with Crippen LogP contribution in [0.5, 0.6) is 0 Å². The highest BCUT2D eigenvalue weighted by atomic mass is 35.5. The van der Waals surface area contributed by atoms with Gasteiger partial charge in [0.25, 0.3) is 0 Å². The molecule has 146 valence electrons. The van der Waals surface area contributed by atoms with Crippen molar-refractivity contribution in [3.63, 3.8) is 0 Å². The summed E-state index contributed by atoms with van der Waals surface area (Å²) in [7, 11) is 0. The molecule has 0 aliphatic heterocycles. The number of ketones is 1. The number of rotatable bonds is 7. The maximum Gasteiger partial charge on any atom is 0.140 e. The summed E-state index contributed by atoms with van der Waals surface area (Å²) >= 11 is 6.09. The number of aryl methyl sites for hydroxylation is 2. The van der Waals surface area contributed by atoms with Gasteiger partial charge in [0.2, 0.25) is 0 Å². The van der Waals surface area contributed by atoms with Crippen molar-refractivity contribution >= 4 is 17.4 Å². The second kappa shape index (κ2) is 8.67. The lowest BCUT2D eigenvalue weighted by molar-refractivity contribution is -0.120. The molecule has 0 radical (unpaired) electrons. The molecule has 4 nitrogen and oxygen atoms in total. The average molecular weight is 400 g/mol. The Labute approximate surface area is 169 Å². The van der Waals surface area contributed by atoms with Gasteiger partial charge in [0.05, 0.1) is 11.4 Å². The number of hydrogen-bond donors (Lipinski definition) is 1. The van der Waals surface area contributed by atoms with Gasteiger partial charge in [-0.15, -0.1) is 0 Å². The van der Waals surface area contributed by atoms with E-state index in [0.29, 0.717) is 29.0 Å². The highest BCUT2D eigenvalue weighted by Crippen LogP contribution is 2.23. The molecule has 1 heterocycles. The van der Waals surface area contributed by atoms with Gasteiger partial charge in [-0.05, 0) is 49.2 Å². The molecule has 0 fully saturated rings. The average Bonchev–Trinajstić information content (AvgIpc) is 3.06. The van der Waals surface area contributed by atoms with Gasteiger partial charge in [-0.25, -0.2) is 9.07 Å². The van der Waals surface area contributed by atoms with Crippen LogP contribution < -0.4 is 5.73 Å². The van der Waals surface area contributed by atoms with E-state index in [2.05, 4.69) is 5.10 Å². The van der Waals surface area contributed by atoms with Crippen molar-refractivity contribution in [3.05, 3.63) is 81.9 Å². The van der Waals surface area contributed by atoms with Gasteiger partial charge in [0, 0.05) is 35.2 Å². The van der Waals surface area contributed by atoms with E-state index in [9.17, 15) is 9.18 Å². The molecular formula is C22H23ClFN3O. The number of aromatic nitrogens is 2. The summed E-state index contributed by atoms with van der Waals surface area (Å²) in [6, 6.07) is 14.2. The van der Waals surface area contributed by atoms with Crippen LogP contribution in [0.1, 0.15) is 41.8 Å². The van der Waals surface area contributed by atoms with Crippen LogP contribution in [0.25, 0.3) is 5.69 Å². The molecule has 2 aromatic carbocycles. The van der Waals surface area contributed by atoms with Crippen LogP contribution in [0.15, 0.2) is 48.5 Å². The molecule has 0 saturated carbocycles. The number of nitrogens with two attached hydrogens (primary N) is 1. The number of nitrogens with zero attached hydrogens (tertiary/aromatic N) is 2. The van der Waals surface area contributed by atoms with Crippen molar-refractivity contribution in [2.75, 3.05) is 0 Å². The van der Waals surface area contributed by atoms with Gasteiger partial charge in [-0.1, -0.05) is 36.7 Å². The molecule has 1 unspecified atom stereocenters. The summed E-state index contributed by atoms with van der Waals surface area (Å²) in [6.45, 7) is 3.86. The van der Waals surface area contributed by atoms with E-state index < -0.39 is 0 Å². The van der Waals surface area contributed by atoms with Crippen LogP contribution in [-0.4, -0.2) is 15.6 Å². The van der Waals surface area contributed by atoms with Gasteiger partial charge >= 0.3 is 0 Å². The zero-order valence-corrected chi connectivity index (χ0v) is 16.7. The summed E-state index contributed by atoms with van der Waals surface area (Å²) in [5.41, 5.74) is 9.28. The minimum atomic E-state index is -0.384. The zero-order valence-electron chi connectivity index (χ0n) is 16.0. The summed E-state index contributed by atoms with van der Waals surface area (Å²) in [6.07, 6.45) is 0.882. The van der Waals surface area contributed by atoms with E-state index in [0.717, 1.165) is 17.1 Å². The van der Waals surface area contributed by atoms with E-state index in [1.165, 1.54) is 6.07 Å². The maximum atomic E-state index is 14.0. The maximum absolute atomic E-state index is 14.0. The first-order valence-electron chi connectivity index (χ1n) is 9.21. The predicted molar refractivity (Wildman–Crippen MR) is 109 cm³/mol. The Bertz CT molecular complexity index is 999. The molecule has 0 saturated heterocycles. The van der Waals surface area contributed by atoms with E-state index in [1.54, 1.807) is 25.1 Å². The Morgan fingerprint density at radius 3 is 2.71 bits per heavy atom. The summed E-state index contributed by atoms with van der Waals surface area (Å²) in [5.74, 6) is -0.698. The van der Waals surface area contributed by atoms with Gasteiger partial charge < -0.3 is 5.73 Å². The number of halogens is 2. The van der Waals surface area contributed by atoms with Crippen molar-refractivity contribution in [2.45, 2.75) is 39.2 Å². The number of carbonyl (C=O) groups is 1. The summed E-state index contributed by atoms with van der Waals surface area (Å²) < 4.78 is 15.8. The van der Waals surface area contributed by atoms with Gasteiger partial charge in [-0.2, -0.15) is 5.10 Å².